The van der Waals surface area contributed by atoms with Crippen LogP contribution in [-0.2, 0) is 6.42 Å². The first-order valence-electron chi connectivity index (χ1n) is 6.19. The molecule has 1 aromatic carbocycles. The summed E-state index contributed by atoms with van der Waals surface area (Å²) >= 11 is 12.3. The van der Waals surface area contributed by atoms with Crippen molar-refractivity contribution in [1.82, 2.24) is 15.0 Å². The molecule has 0 aliphatic heterocycles. The van der Waals surface area contributed by atoms with Crippen LogP contribution in [0.5, 0.6) is 0 Å². The van der Waals surface area contributed by atoms with Crippen LogP contribution in [0.4, 0.5) is 0 Å². The van der Waals surface area contributed by atoms with Gasteiger partial charge in [-0.3, -0.25) is 0 Å². The molecule has 0 aliphatic carbocycles. The van der Waals surface area contributed by atoms with Gasteiger partial charge in [-0.1, -0.05) is 28.4 Å². The molecule has 0 radical (unpaired) electrons. The second-order valence-corrected chi connectivity index (χ2v) is 5.27. The van der Waals surface area contributed by atoms with Gasteiger partial charge in [0.15, 0.2) is 0 Å². The lowest BCUT2D eigenvalue weighted by Gasteiger charge is -2.06. The maximum Gasteiger partial charge on any atom is 0.0864 e. The number of hydrogen-bond acceptors (Lipinski definition) is 3. The molecule has 2 N–H and O–H groups in total. The van der Waals surface area contributed by atoms with E-state index in [1.54, 1.807) is 10.7 Å². The zero-order valence-corrected chi connectivity index (χ0v) is 12.2. The standard InChI is InChI=1S/C13H16Cl2N4/c1-9-6-12(15)13(7-11(9)14)19-8-10(17-18-19)4-2-3-5-16/h6-8H,2-5,16H2,1H3. The number of rotatable bonds is 5. The van der Waals surface area contributed by atoms with Crippen molar-refractivity contribution >= 4 is 23.2 Å². The van der Waals surface area contributed by atoms with E-state index in [1.807, 2.05) is 19.2 Å². The van der Waals surface area contributed by atoms with Crippen molar-refractivity contribution in [2.24, 2.45) is 5.73 Å². The van der Waals surface area contributed by atoms with Crippen molar-refractivity contribution in [2.45, 2.75) is 26.2 Å². The van der Waals surface area contributed by atoms with Crippen LogP contribution in [0.25, 0.3) is 5.69 Å². The van der Waals surface area contributed by atoms with Crippen LogP contribution in [0.15, 0.2) is 18.3 Å². The maximum absolute atomic E-state index is 6.21. The Morgan fingerprint density at radius 3 is 2.74 bits per heavy atom. The molecule has 0 saturated carbocycles. The molecule has 1 aromatic heterocycles. The van der Waals surface area contributed by atoms with Crippen LogP contribution in [0.1, 0.15) is 24.1 Å². The van der Waals surface area contributed by atoms with Crippen molar-refractivity contribution in [3.8, 4) is 5.69 Å². The third-order valence-electron chi connectivity index (χ3n) is 2.90. The molecule has 6 heteroatoms. The van der Waals surface area contributed by atoms with Gasteiger partial charge in [-0.2, -0.15) is 0 Å². The van der Waals surface area contributed by atoms with E-state index in [4.69, 9.17) is 28.9 Å². The second-order valence-electron chi connectivity index (χ2n) is 4.45. The van der Waals surface area contributed by atoms with E-state index >= 15 is 0 Å². The monoisotopic (exact) mass is 298 g/mol. The van der Waals surface area contributed by atoms with Gasteiger partial charge in [-0.15, -0.1) is 5.10 Å². The van der Waals surface area contributed by atoms with Crippen LogP contribution < -0.4 is 5.73 Å². The normalized spacial score (nSPS) is 10.9. The number of aryl methyl sites for hydroxylation is 2. The molecule has 0 saturated heterocycles. The predicted octanol–water partition coefficient (Wildman–Crippen LogP) is 3.16. The Morgan fingerprint density at radius 1 is 1.21 bits per heavy atom. The highest BCUT2D eigenvalue weighted by molar-refractivity contribution is 6.35. The molecule has 102 valence electrons. The first-order chi connectivity index (χ1) is 9.11. The zero-order valence-electron chi connectivity index (χ0n) is 10.7. The van der Waals surface area contributed by atoms with E-state index < -0.39 is 0 Å². The number of nitrogens with zero attached hydrogens (tertiary/aromatic N) is 3. The predicted molar refractivity (Wildman–Crippen MR) is 78.1 cm³/mol. The van der Waals surface area contributed by atoms with Gasteiger partial charge < -0.3 is 5.73 Å². The molecule has 0 bridgehead atoms. The summed E-state index contributed by atoms with van der Waals surface area (Å²) in [4.78, 5) is 0. The molecule has 4 nitrogen and oxygen atoms in total. The van der Waals surface area contributed by atoms with Gasteiger partial charge >= 0.3 is 0 Å². The van der Waals surface area contributed by atoms with Crippen molar-refractivity contribution in [1.29, 1.82) is 0 Å². The van der Waals surface area contributed by atoms with Crippen molar-refractivity contribution in [3.05, 3.63) is 39.6 Å². The zero-order chi connectivity index (χ0) is 13.8. The van der Waals surface area contributed by atoms with Crippen molar-refractivity contribution < 1.29 is 0 Å². The van der Waals surface area contributed by atoms with E-state index in [0.29, 0.717) is 16.6 Å². The Labute approximate surface area is 122 Å². The van der Waals surface area contributed by atoms with Crippen LogP contribution >= 0.6 is 23.2 Å². The Kier molecular flexibility index (Phi) is 4.80. The van der Waals surface area contributed by atoms with Crippen LogP contribution in [-0.4, -0.2) is 21.5 Å². The summed E-state index contributed by atoms with van der Waals surface area (Å²) in [5.41, 5.74) is 8.09. The van der Waals surface area contributed by atoms with Gasteiger partial charge in [0.25, 0.3) is 0 Å². The molecule has 2 aromatic rings. The summed E-state index contributed by atoms with van der Waals surface area (Å²) in [6, 6.07) is 3.63. The van der Waals surface area contributed by atoms with E-state index in [-0.39, 0.29) is 0 Å². The highest BCUT2D eigenvalue weighted by atomic mass is 35.5. The molecule has 0 unspecified atom stereocenters. The number of halogens is 2. The Morgan fingerprint density at radius 2 is 2.00 bits per heavy atom. The fourth-order valence-corrected chi connectivity index (χ4v) is 2.26. The highest BCUT2D eigenvalue weighted by Gasteiger charge is 2.09. The lowest BCUT2D eigenvalue weighted by atomic mass is 10.2. The summed E-state index contributed by atoms with van der Waals surface area (Å²) < 4.78 is 1.66. The highest BCUT2D eigenvalue weighted by Crippen LogP contribution is 2.27. The lowest BCUT2D eigenvalue weighted by molar-refractivity contribution is 0.727. The number of nitrogens with two attached hydrogens (primary N) is 1. The lowest BCUT2D eigenvalue weighted by Crippen LogP contribution is -1.99. The second kappa shape index (κ2) is 6.37. The largest absolute Gasteiger partial charge is 0.330 e. The van der Waals surface area contributed by atoms with Crippen LogP contribution in [0.3, 0.4) is 0 Å². The minimum atomic E-state index is 0.611. The van der Waals surface area contributed by atoms with Crippen LogP contribution in [0.2, 0.25) is 10.0 Å². The van der Waals surface area contributed by atoms with Gasteiger partial charge in [0.2, 0.25) is 0 Å². The fraction of sp³-hybridized carbons (Fsp3) is 0.385. The Bertz CT molecular complexity index is 566. The summed E-state index contributed by atoms with van der Waals surface area (Å²) in [6.45, 7) is 2.62. The minimum Gasteiger partial charge on any atom is -0.330 e. The summed E-state index contributed by atoms with van der Waals surface area (Å²) in [5, 5.41) is 9.49. The van der Waals surface area contributed by atoms with Gasteiger partial charge in [0, 0.05) is 5.02 Å². The number of unbranched alkanes of at least 4 members (excludes halogenated alkanes) is 1. The molecular weight excluding hydrogens is 283 g/mol. The summed E-state index contributed by atoms with van der Waals surface area (Å²) in [6.07, 6.45) is 4.75. The average molecular weight is 299 g/mol. The fourth-order valence-electron chi connectivity index (χ4n) is 1.79. The average Bonchev–Trinajstić information content (AvgIpc) is 2.83. The topological polar surface area (TPSA) is 56.7 Å². The quantitative estimate of drug-likeness (QED) is 0.863. The van der Waals surface area contributed by atoms with Gasteiger partial charge in [0.05, 0.1) is 22.6 Å². The molecule has 0 spiro atoms. The molecule has 0 atom stereocenters. The van der Waals surface area contributed by atoms with Crippen molar-refractivity contribution in [2.75, 3.05) is 6.54 Å². The summed E-state index contributed by atoms with van der Waals surface area (Å²) in [7, 11) is 0. The third kappa shape index (κ3) is 3.47. The van der Waals surface area contributed by atoms with E-state index in [2.05, 4.69) is 10.3 Å². The van der Waals surface area contributed by atoms with Crippen molar-refractivity contribution in [3.63, 3.8) is 0 Å². The molecule has 0 fully saturated rings. The summed E-state index contributed by atoms with van der Waals surface area (Å²) in [5.74, 6) is 0. The Balaban J connectivity index is 2.20. The molecular formula is C13H16Cl2N4. The SMILES string of the molecule is Cc1cc(Cl)c(-n2cc(CCCCN)nn2)cc1Cl. The van der Waals surface area contributed by atoms with Crippen LogP contribution in [0, 0.1) is 6.92 Å². The Hall–Kier alpha value is -1.10. The number of aromatic nitrogens is 3. The van der Waals surface area contributed by atoms with Gasteiger partial charge in [-0.05, 0) is 50.4 Å². The number of hydrogen-bond donors (Lipinski definition) is 1. The van der Waals surface area contributed by atoms with E-state index in [9.17, 15) is 0 Å². The molecule has 0 amide bonds. The molecule has 1 heterocycles. The van der Waals surface area contributed by atoms with Gasteiger partial charge in [0.1, 0.15) is 0 Å². The third-order valence-corrected chi connectivity index (χ3v) is 3.61. The number of benzene rings is 1. The molecule has 0 aliphatic rings. The smallest absolute Gasteiger partial charge is 0.0864 e. The first-order valence-corrected chi connectivity index (χ1v) is 6.94. The maximum atomic E-state index is 6.21. The van der Waals surface area contributed by atoms with Gasteiger partial charge in [-0.25, -0.2) is 4.68 Å². The van der Waals surface area contributed by atoms with E-state index in [0.717, 1.165) is 36.2 Å². The first kappa shape index (κ1) is 14.3. The van der Waals surface area contributed by atoms with E-state index in [1.165, 1.54) is 0 Å². The minimum absolute atomic E-state index is 0.611. The molecule has 19 heavy (non-hydrogen) atoms. The molecule has 2 rings (SSSR count).